The minimum atomic E-state index is 0.487. The number of imidazole rings is 1. The number of rotatable bonds is 3. The molecule has 1 atom stereocenters. The molecular formula is C14H19N3O. The van der Waals surface area contributed by atoms with Gasteiger partial charge in [-0.1, -0.05) is 6.92 Å². The van der Waals surface area contributed by atoms with Gasteiger partial charge in [0.2, 0.25) is 0 Å². The van der Waals surface area contributed by atoms with E-state index in [1.165, 1.54) is 25.1 Å². The largest absolute Gasteiger partial charge is 0.495 e. The maximum atomic E-state index is 5.24. The molecule has 0 aromatic carbocycles. The van der Waals surface area contributed by atoms with E-state index in [4.69, 9.17) is 9.72 Å². The second-order valence-electron chi connectivity index (χ2n) is 4.79. The molecule has 0 saturated carbocycles. The number of likely N-dealkylation sites (tertiary alicyclic amines) is 1. The molecule has 1 aliphatic heterocycles. The topological polar surface area (TPSA) is 29.8 Å². The summed E-state index contributed by atoms with van der Waals surface area (Å²) in [5.41, 5.74) is 2.18. The van der Waals surface area contributed by atoms with Crippen molar-refractivity contribution in [1.29, 1.82) is 0 Å². The van der Waals surface area contributed by atoms with E-state index in [0.717, 1.165) is 17.9 Å². The van der Waals surface area contributed by atoms with Gasteiger partial charge in [-0.15, -0.1) is 0 Å². The van der Waals surface area contributed by atoms with Gasteiger partial charge in [0.05, 0.1) is 25.0 Å². The van der Waals surface area contributed by atoms with Gasteiger partial charge in [-0.3, -0.25) is 4.90 Å². The van der Waals surface area contributed by atoms with E-state index in [9.17, 15) is 0 Å². The lowest BCUT2D eigenvalue weighted by Crippen LogP contribution is -2.22. The van der Waals surface area contributed by atoms with Crippen LogP contribution < -0.4 is 4.74 Å². The molecule has 0 amide bonds. The molecule has 0 spiro atoms. The molecule has 18 heavy (non-hydrogen) atoms. The number of aromatic nitrogens is 2. The Bertz CT molecular complexity index is 549. The van der Waals surface area contributed by atoms with Gasteiger partial charge < -0.3 is 9.14 Å². The van der Waals surface area contributed by atoms with Crippen LogP contribution in [0.5, 0.6) is 5.75 Å². The predicted octanol–water partition coefficient (Wildman–Crippen LogP) is 2.50. The fourth-order valence-electron chi connectivity index (χ4n) is 2.81. The average molecular weight is 245 g/mol. The number of hydrogen-bond acceptors (Lipinski definition) is 3. The molecule has 0 aliphatic carbocycles. The van der Waals surface area contributed by atoms with Gasteiger partial charge in [0.25, 0.3) is 0 Å². The molecule has 1 saturated heterocycles. The molecule has 3 heterocycles. The molecule has 96 valence electrons. The molecule has 2 aromatic rings. The quantitative estimate of drug-likeness (QED) is 0.832. The highest BCUT2D eigenvalue weighted by Crippen LogP contribution is 2.31. The lowest BCUT2D eigenvalue weighted by Gasteiger charge is -2.20. The number of ether oxygens (including phenoxy) is 1. The van der Waals surface area contributed by atoms with Crippen molar-refractivity contribution in [2.75, 3.05) is 20.2 Å². The molecule has 0 bridgehead atoms. The number of nitrogens with zero attached hydrogens (tertiary/aromatic N) is 3. The van der Waals surface area contributed by atoms with Crippen LogP contribution in [0.3, 0.4) is 0 Å². The molecule has 3 rings (SSSR count). The number of fused-ring (bicyclic) bond motifs is 1. The van der Waals surface area contributed by atoms with Crippen LogP contribution in [0, 0.1) is 0 Å². The summed E-state index contributed by atoms with van der Waals surface area (Å²) in [6.07, 6.45) is 6.61. The van der Waals surface area contributed by atoms with Gasteiger partial charge in [0.1, 0.15) is 11.4 Å². The summed E-state index contributed by atoms with van der Waals surface area (Å²) in [6.45, 7) is 4.51. The van der Waals surface area contributed by atoms with Crippen LogP contribution in [0.4, 0.5) is 0 Å². The normalized spacial score (nSPS) is 20.7. The minimum absolute atomic E-state index is 0.487. The molecule has 4 heteroatoms. The van der Waals surface area contributed by atoms with E-state index in [2.05, 4.69) is 22.4 Å². The Balaban J connectivity index is 1.97. The highest BCUT2D eigenvalue weighted by atomic mass is 16.5. The van der Waals surface area contributed by atoms with Crippen LogP contribution >= 0.6 is 0 Å². The van der Waals surface area contributed by atoms with Crippen LogP contribution in [-0.2, 0) is 0 Å². The summed E-state index contributed by atoms with van der Waals surface area (Å²) in [4.78, 5) is 7.23. The molecule has 1 aliphatic rings. The highest BCUT2D eigenvalue weighted by Gasteiger charge is 2.26. The van der Waals surface area contributed by atoms with Crippen molar-refractivity contribution < 1.29 is 4.74 Å². The lowest BCUT2D eigenvalue weighted by atomic mass is 10.1. The van der Waals surface area contributed by atoms with E-state index in [-0.39, 0.29) is 0 Å². The molecule has 1 unspecified atom stereocenters. The van der Waals surface area contributed by atoms with Crippen LogP contribution in [0.15, 0.2) is 24.5 Å². The Morgan fingerprint density at radius 3 is 3.06 bits per heavy atom. The van der Waals surface area contributed by atoms with E-state index in [1.54, 1.807) is 7.11 Å². The third-order valence-electron chi connectivity index (χ3n) is 3.79. The van der Waals surface area contributed by atoms with Gasteiger partial charge in [-0.2, -0.15) is 0 Å². The summed E-state index contributed by atoms with van der Waals surface area (Å²) < 4.78 is 7.30. The maximum absolute atomic E-state index is 5.24. The van der Waals surface area contributed by atoms with Crippen molar-refractivity contribution in [3.8, 4) is 5.75 Å². The summed E-state index contributed by atoms with van der Waals surface area (Å²) in [5, 5.41) is 0. The van der Waals surface area contributed by atoms with Crippen molar-refractivity contribution in [3.05, 3.63) is 30.2 Å². The fourth-order valence-corrected chi connectivity index (χ4v) is 2.81. The van der Waals surface area contributed by atoms with E-state index in [0.29, 0.717) is 6.04 Å². The van der Waals surface area contributed by atoms with E-state index < -0.39 is 0 Å². The monoisotopic (exact) mass is 245 g/mol. The standard InChI is InChI=1S/C14H19N3O/c1-3-16-8-4-5-13(16)12-10-17-9-11(18-2)6-7-14(17)15-12/h6-7,9-10,13H,3-5,8H2,1-2H3. The lowest BCUT2D eigenvalue weighted by molar-refractivity contribution is 0.268. The van der Waals surface area contributed by atoms with Crippen molar-refractivity contribution in [2.24, 2.45) is 0 Å². The van der Waals surface area contributed by atoms with Crippen molar-refractivity contribution >= 4 is 5.65 Å². The number of methoxy groups -OCH3 is 1. The Morgan fingerprint density at radius 2 is 2.28 bits per heavy atom. The third kappa shape index (κ3) is 1.86. The van der Waals surface area contributed by atoms with Crippen LogP contribution in [0.1, 0.15) is 31.5 Å². The zero-order chi connectivity index (χ0) is 12.5. The molecule has 0 radical (unpaired) electrons. The third-order valence-corrected chi connectivity index (χ3v) is 3.79. The van der Waals surface area contributed by atoms with Gasteiger partial charge in [-0.25, -0.2) is 4.98 Å². The van der Waals surface area contributed by atoms with Crippen molar-refractivity contribution in [2.45, 2.75) is 25.8 Å². The first-order valence-electron chi connectivity index (χ1n) is 6.58. The summed E-state index contributed by atoms with van der Waals surface area (Å²) >= 11 is 0. The van der Waals surface area contributed by atoms with Crippen LogP contribution in [-0.4, -0.2) is 34.5 Å². The summed E-state index contributed by atoms with van der Waals surface area (Å²) in [7, 11) is 1.69. The maximum Gasteiger partial charge on any atom is 0.137 e. The summed E-state index contributed by atoms with van der Waals surface area (Å²) in [6, 6.07) is 4.45. The second-order valence-corrected chi connectivity index (χ2v) is 4.79. The van der Waals surface area contributed by atoms with Gasteiger partial charge in [-0.05, 0) is 38.1 Å². The highest BCUT2D eigenvalue weighted by molar-refractivity contribution is 5.43. The van der Waals surface area contributed by atoms with Gasteiger partial charge in [0.15, 0.2) is 0 Å². The smallest absolute Gasteiger partial charge is 0.137 e. The van der Waals surface area contributed by atoms with Gasteiger partial charge >= 0.3 is 0 Å². The molecule has 0 N–H and O–H groups in total. The Hall–Kier alpha value is -1.55. The van der Waals surface area contributed by atoms with Crippen LogP contribution in [0.25, 0.3) is 5.65 Å². The van der Waals surface area contributed by atoms with Gasteiger partial charge in [0, 0.05) is 6.20 Å². The molecule has 4 nitrogen and oxygen atoms in total. The first kappa shape index (κ1) is 11.5. The van der Waals surface area contributed by atoms with Crippen molar-refractivity contribution in [3.63, 3.8) is 0 Å². The first-order chi connectivity index (χ1) is 8.81. The molecule has 1 fully saturated rings. The zero-order valence-electron chi connectivity index (χ0n) is 11.0. The van der Waals surface area contributed by atoms with Crippen molar-refractivity contribution in [1.82, 2.24) is 14.3 Å². The van der Waals surface area contributed by atoms with E-state index >= 15 is 0 Å². The van der Waals surface area contributed by atoms with Crippen LogP contribution in [0.2, 0.25) is 0 Å². The zero-order valence-corrected chi connectivity index (χ0v) is 11.0. The SMILES string of the molecule is CCN1CCCC1c1cn2cc(OC)ccc2n1. The Morgan fingerprint density at radius 1 is 1.39 bits per heavy atom. The van der Waals surface area contributed by atoms with E-state index in [1.807, 2.05) is 18.3 Å². The minimum Gasteiger partial charge on any atom is -0.495 e. The number of pyridine rings is 1. The Kier molecular flexibility index (Phi) is 2.96. The second kappa shape index (κ2) is 4.61. The molecule has 2 aromatic heterocycles. The summed E-state index contributed by atoms with van der Waals surface area (Å²) in [5.74, 6) is 0.866. The Labute approximate surface area is 107 Å². The number of hydrogen-bond donors (Lipinski definition) is 0. The fraction of sp³-hybridized carbons (Fsp3) is 0.500. The molecular weight excluding hydrogens is 226 g/mol. The predicted molar refractivity (Wildman–Crippen MR) is 71.0 cm³/mol. The average Bonchev–Trinajstić information content (AvgIpc) is 3.03. The first-order valence-corrected chi connectivity index (χ1v) is 6.58.